The number of carbonyl (C=O) groups is 3. The molecule has 0 aromatic rings. The Kier molecular flexibility index (Phi) is 7.22. The van der Waals surface area contributed by atoms with Crippen LogP contribution < -0.4 is 21.3 Å². The highest BCUT2D eigenvalue weighted by atomic mass is 16.6. The zero-order valence-electron chi connectivity index (χ0n) is 16.4. The monoisotopic (exact) mass is 370 g/mol. The molecule has 0 atom stereocenters. The number of ether oxygens (including phenoxy) is 1. The van der Waals surface area contributed by atoms with E-state index in [0.717, 1.165) is 4.90 Å². The first kappa shape index (κ1) is 21.5. The van der Waals surface area contributed by atoms with Gasteiger partial charge < -0.3 is 26.0 Å². The number of hydrogen-bond donors (Lipinski definition) is 4. The first-order valence-electron chi connectivity index (χ1n) is 8.47. The minimum absolute atomic E-state index is 0.0380. The van der Waals surface area contributed by atoms with Crippen molar-refractivity contribution in [3.8, 4) is 0 Å². The van der Waals surface area contributed by atoms with Crippen LogP contribution in [0, 0.1) is 0 Å². The molecule has 1 heterocycles. The maximum Gasteiger partial charge on any atom is 0.408 e. The number of guanidine groups is 1. The van der Waals surface area contributed by atoms with Gasteiger partial charge in [-0.3, -0.25) is 14.7 Å². The predicted octanol–water partition coefficient (Wildman–Crippen LogP) is 0.00650. The van der Waals surface area contributed by atoms with E-state index in [1.807, 2.05) is 13.8 Å². The van der Waals surface area contributed by atoms with Gasteiger partial charge in [0, 0.05) is 26.7 Å². The van der Waals surface area contributed by atoms with E-state index in [2.05, 4.69) is 26.3 Å². The average molecular weight is 370 g/mol. The highest BCUT2D eigenvalue weighted by molar-refractivity contribution is 6.01. The number of urea groups is 1. The van der Waals surface area contributed by atoms with Crippen LogP contribution in [0.4, 0.5) is 9.59 Å². The van der Waals surface area contributed by atoms with E-state index in [0.29, 0.717) is 19.0 Å². The van der Waals surface area contributed by atoms with Crippen LogP contribution >= 0.6 is 0 Å². The van der Waals surface area contributed by atoms with Crippen LogP contribution in [0.3, 0.4) is 0 Å². The minimum Gasteiger partial charge on any atom is -0.444 e. The van der Waals surface area contributed by atoms with Gasteiger partial charge in [0.2, 0.25) is 5.91 Å². The van der Waals surface area contributed by atoms with Crippen LogP contribution in [0.1, 0.15) is 34.6 Å². The van der Waals surface area contributed by atoms with Gasteiger partial charge in [0.15, 0.2) is 5.96 Å². The van der Waals surface area contributed by atoms with E-state index < -0.39 is 17.2 Å². The molecule has 0 spiro atoms. The van der Waals surface area contributed by atoms with Crippen molar-refractivity contribution >= 4 is 24.0 Å². The Bertz CT molecular complexity index is 552. The molecule has 10 nitrogen and oxygen atoms in total. The summed E-state index contributed by atoms with van der Waals surface area (Å²) in [5, 5.41) is 11.4. The summed E-state index contributed by atoms with van der Waals surface area (Å²) in [6.07, 6.45) is -0.495. The second kappa shape index (κ2) is 8.72. The molecular formula is C16H30N6O4. The number of hydrogen-bond acceptors (Lipinski definition) is 5. The molecule has 0 aliphatic carbocycles. The van der Waals surface area contributed by atoms with Gasteiger partial charge in [-0.15, -0.1) is 0 Å². The van der Waals surface area contributed by atoms with Gasteiger partial charge >= 0.3 is 12.1 Å². The Morgan fingerprint density at radius 2 is 1.88 bits per heavy atom. The average Bonchev–Trinajstić information content (AvgIpc) is 2.79. The normalized spacial score (nSPS) is 15.6. The third kappa shape index (κ3) is 7.58. The molecule has 0 bridgehead atoms. The SMILES string of the molecule is CN=C(NCCN1C(=O)CNC1=O)NCC(C)(C)NC(=O)OC(C)(C)C. The maximum atomic E-state index is 11.9. The number of alkyl carbamates (subject to hydrolysis) is 1. The van der Waals surface area contributed by atoms with Crippen molar-refractivity contribution in [3.05, 3.63) is 0 Å². The molecule has 0 unspecified atom stereocenters. The molecule has 4 amide bonds. The van der Waals surface area contributed by atoms with Gasteiger partial charge in [0.05, 0.1) is 12.1 Å². The van der Waals surface area contributed by atoms with E-state index >= 15 is 0 Å². The minimum atomic E-state index is -0.579. The van der Waals surface area contributed by atoms with E-state index in [4.69, 9.17) is 4.74 Å². The number of aliphatic imine (C=N–C) groups is 1. The van der Waals surface area contributed by atoms with E-state index in [1.165, 1.54) is 0 Å². The van der Waals surface area contributed by atoms with Crippen LogP contribution in [-0.4, -0.2) is 73.3 Å². The van der Waals surface area contributed by atoms with Crippen LogP contribution in [0.25, 0.3) is 0 Å². The number of imide groups is 1. The lowest BCUT2D eigenvalue weighted by atomic mass is 10.1. The Balaban J connectivity index is 2.39. The quantitative estimate of drug-likeness (QED) is 0.297. The molecule has 0 saturated carbocycles. The van der Waals surface area contributed by atoms with Gasteiger partial charge in [-0.2, -0.15) is 0 Å². The molecule has 4 N–H and O–H groups in total. The topological polar surface area (TPSA) is 124 Å². The molecule has 26 heavy (non-hydrogen) atoms. The fourth-order valence-electron chi connectivity index (χ4n) is 2.12. The van der Waals surface area contributed by atoms with Crippen LogP contribution in [0.5, 0.6) is 0 Å². The van der Waals surface area contributed by atoms with Gasteiger partial charge in [0.1, 0.15) is 5.60 Å². The summed E-state index contributed by atoms with van der Waals surface area (Å²) >= 11 is 0. The summed E-state index contributed by atoms with van der Waals surface area (Å²) in [6, 6.07) is -0.387. The van der Waals surface area contributed by atoms with Crippen molar-refractivity contribution in [2.75, 3.05) is 33.2 Å². The molecule has 1 aliphatic heterocycles. The van der Waals surface area contributed by atoms with Crippen LogP contribution in [0.15, 0.2) is 4.99 Å². The fraction of sp³-hybridized carbons (Fsp3) is 0.750. The van der Waals surface area contributed by atoms with E-state index in [-0.39, 0.29) is 25.0 Å². The number of nitrogens with zero attached hydrogens (tertiary/aromatic N) is 2. The van der Waals surface area contributed by atoms with Crippen molar-refractivity contribution < 1.29 is 19.1 Å². The molecule has 1 fully saturated rings. The molecule has 10 heteroatoms. The Morgan fingerprint density at radius 3 is 2.38 bits per heavy atom. The lowest BCUT2D eigenvalue weighted by Gasteiger charge is -2.29. The summed E-state index contributed by atoms with van der Waals surface area (Å²) < 4.78 is 5.25. The Morgan fingerprint density at radius 1 is 1.23 bits per heavy atom. The van der Waals surface area contributed by atoms with Crippen molar-refractivity contribution in [1.29, 1.82) is 0 Å². The zero-order chi connectivity index (χ0) is 20.0. The van der Waals surface area contributed by atoms with Crippen molar-refractivity contribution in [3.63, 3.8) is 0 Å². The highest BCUT2D eigenvalue weighted by Crippen LogP contribution is 2.09. The smallest absolute Gasteiger partial charge is 0.408 e. The Labute approximate surface area is 154 Å². The second-order valence-electron chi connectivity index (χ2n) is 7.57. The largest absolute Gasteiger partial charge is 0.444 e. The van der Waals surface area contributed by atoms with Gasteiger partial charge in [-0.05, 0) is 34.6 Å². The maximum absolute atomic E-state index is 11.9. The number of amides is 4. The summed E-state index contributed by atoms with van der Waals surface area (Å²) in [6.45, 7) is 10.1. The summed E-state index contributed by atoms with van der Waals surface area (Å²) in [7, 11) is 1.61. The summed E-state index contributed by atoms with van der Waals surface area (Å²) in [5.74, 6) is 0.249. The number of rotatable bonds is 6. The van der Waals surface area contributed by atoms with E-state index in [1.54, 1.807) is 27.8 Å². The lowest BCUT2D eigenvalue weighted by Crippen LogP contribution is -2.54. The highest BCUT2D eigenvalue weighted by Gasteiger charge is 2.28. The number of carbonyl (C=O) groups excluding carboxylic acids is 3. The molecule has 0 aromatic heterocycles. The van der Waals surface area contributed by atoms with Crippen molar-refractivity contribution in [1.82, 2.24) is 26.2 Å². The second-order valence-corrected chi connectivity index (χ2v) is 7.57. The molecule has 0 aromatic carbocycles. The molecule has 0 radical (unpaired) electrons. The third-order valence-corrected chi connectivity index (χ3v) is 3.33. The van der Waals surface area contributed by atoms with Crippen LogP contribution in [-0.2, 0) is 9.53 Å². The summed E-state index contributed by atoms with van der Waals surface area (Å²) in [4.78, 5) is 40.1. The van der Waals surface area contributed by atoms with Gasteiger partial charge in [-0.1, -0.05) is 0 Å². The lowest BCUT2D eigenvalue weighted by molar-refractivity contribution is -0.124. The zero-order valence-corrected chi connectivity index (χ0v) is 16.4. The predicted molar refractivity (Wildman–Crippen MR) is 97.9 cm³/mol. The van der Waals surface area contributed by atoms with Crippen molar-refractivity contribution in [2.45, 2.75) is 45.8 Å². The van der Waals surface area contributed by atoms with E-state index in [9.17, 15) is 14.4 Å². The standard InChI is InChI=1S/C16H30N6O4/c1-15(2,3)26-14(25)21-16(4,5)10-20-12(17-6)18-7-8-22-11(23)9-19-13(22)24/h7-10H2,1-6H3,(H,19,24)(H,21,25)(H2,17,18,20). The number of nitrogens with one attached hydrogen (secondary N) is 4. The first-order valence-corrected chi connectivity index (χ1v) is 8.47. The fourth-order valence-corrected chi connectivity index (χ4v) is 2.12. The molecular weight excluding hydrogens is 340 g/mol. The van der Waals surface area contributed by atoms with Gasteiger partial charge in [0.25, 0.3) is 0 Å². The summed E-state index contributed by atoms with van der Waals surface area (Å²) in [5.41, 5.74) is -1.14. The van der Waals surface area contributed by atoms with Crippen molar-refractivity contribution in [2.24, 2.45) is 4.99 Å². The molecule has 1 saturated heterocycles. The Hall–Kier alpha value is -2.52. The third-order valence-electron chi connectivity index (χ3n) is 3.33. The first-order chi connectivity index (χ1) is 11.9. The molecule has 1 rings (SSSR count). The molecule has 148 valence electrons. The van der Waals surface area contributed by atoms with Gasteiger partial charge in [-0.25, -0.2) is 9.59 Å². The molecule has 1 aliphatic rings. The van der Waals surface area contributed by atoms with Crippen LogP contribution in [0.2, 0.25) is 0 Å².